The van der Waals surface area contributed by atoms with Gasteiger partial charge in [0.15, 0.2) is 0 Å². The lowest BCUT2D eigenvalue weighted by molar-refractivity contribution is -0.0201. The molecule has 2 saturated heterocycles. The van der Waals surface area contributed by atoms with Crippen LogP contribution in [-0.4, -0.2) is 49.3 Å². The summed E-state index contributed by atoms with van der Waals surface area (Å²) in [6.45, 7) is 8.73. The maximum Gasteiger partial charge on any atom is 0.0826 e. The highest BCUT2D eigenvalue weighted by atomic mass is 16.5. The second-order valence-corrected chi connectivity index (χ2v) is 5.02. The molecule has 88 valence electrons. The second-order valence-electron chi connectivity index (χ2n) is 5.02. The van der Waals surface area contributed by atoms with Crippen LogP contribution in [0.4, 0.5) is 0 Å². The van der Waals surface area contributed by atoms with Gasteiger partial charge in [-0.2, -0.15) is 0 Å². The Morgan fingerprint density at radius 3 is 2.60 bits per heavy atom. The van der Waals surface area contributed by atoms with E-state index in [0.717, 1.165) is 38.3 Å². The zero-order valence-electron chi connectivity index (χ0n) is 10.0. The van der Waals surface area contributed by atoms with E-state index in [4.69, 9.17) is 4.74 Å². The zero-order valence-corrected chi connectivity index (χ0v) is 10.0. The van der Waals surface area contributed by atoms with Crippen molar-refractivity contribution in [3.63, 3.8) is 0 Å². The van der Waals surface area contributed by atoms with Crippen molar-refractivity contribution in [1.29, 1.82) is 0 Å². The third-order valence-corrected chi connectivity index (χ3v) is 3.79. The standard InChI is InChI=1S/C12H24N2O/c1-10-4-3-5-11(2)14(10)9-12-8-13-6-7-15-12/h10-13H,3-9H2,1-2H3/t10-,11+,12?. The van der Waals surface area contributed by atoms with Crippen LogP contribution in [0.5, 0.6) is 0 Å². The number of ether oxygens (including phenoxy) is 1. The molecule has 3 atom stereocenters. The van der Waals surface area contributed by atoms with Gasteiger partial charge in [0.1, 0.15) is 0 Å². The summed E-state index contributed by atoms with van der Waals surface area (Å²) < 4.78 is 5.77. The Kier molecular flexibility index (Phi) is 4.00. The van der Waals surface area contributed by atoms with Gasteiger partial charge in [0.25, 0.3) is 0 Å². The van der Waals surface area contributed by atoms with Crippen LogP contribution < -0.4 is 5.32 Å². The summed E-state index contributed by atoms with van der Waals surface area (Å²) >= 11 is 0. The number of morpholine rings is 1. The third kappa shape index (κ3) is 2.92. The first kappa shape index (κ1) is 11.4. The Morgan fingerprint density at radius 2 is 2.00 bits per heavy atom. The van der Waals surface area contributed by atoms with Crippen LogP contribution in [0, 0.1) is 0 Å². The van der Waals surface area contributed by atoms with Gasteiger partial charge >= 0.3 is 0 Å². The Hall–Kier alpha value is -0.120. The Morgan fingerprint density at radius 1 is 1.27 bits per heavy atom. The number of nitrogens with zero attached hydrogens (tertiary/aromatic N) is 1. The van der Waals surface area contributed by atoms with Crippen molar-refractivity contribution in [3.05, 3.63) is 0 Å². The molecule has 0 amide bonds. The van der Waals surface area contributed by atoms with Gasteiger partial charge in [-0.15, -0.1) is 0 Å². The van der Waals surface area contributed by atoms with E-state index in [1.54, 1.807) is 0 Å². The fourth-order valence-corrected chi connectivity index (χ4v) is 2.81. The number of rotatable bonds is 2. The molecule has 0 saturated carbocycles. The average molecular weight is 212 g/mol. The minimum absolute atomic E-state index is 0.404. The van der Waals surface area contributed by atoms with Gasteiger partial charge in [0.05, 0.1) is 12.7 Å². The monoisotopic (exact) mass is 212 g/mol. The summed E-state index contributed by atoms with van der Waals surface area (Å²) in [6.07, 6.45) is 4.50. The predicted molar refractivity (Wildman–Crippen MR) is 62.1 cm³/mol. The minimum Gasteiger partial charge on any atom is -0.374 e. The van der Waals surface area contributed by atoms with Gasteiger partial charge in [-0.05, 0) is 26.7 Å². The summed E-state index contributed by atoms with van der Waals surface area (Å²) in [7, 11) is 0. The van der Waals surface area contributed by atoms with Gasteiger partial charge in [-0.3, -0.25) is 4.90 Å². The van der Waals surface area contributed by atoms with Gasteiger partial charge in [-0.25, -0.2) is 0 Å². The molecule has 1 unspecified atom stereocenters. The van der Waals surface area contributed by atoms with E-state index < -0.39 is 0 Å². The van der Waals surface area contributed by atoms with E-state index in [9.17, 15) is 0 Å². The smallest absolute Gasteiger partial charge is 0.0826 e. The molecule has 15 heavy (non-hydrogen) atoms. The molecule has 0 aromatic heterocycles. The van der Waals surface area contributed by atoms with Crippen LogP contribution in [0.3, 0.4) is 0 Å². The normalized spacial score (nSPS) is 39.2. The van der Waals surface area contributed by atoms with E-state index in [1.807, 2.05) is 0 Å². The summed E-state index contributed by atoms with van der Waals surface area (Å²) in [6, 6.07) is 1.47. The fraction of sp³-hybridized carbons (Fsp3) is 1.00. The number of likely N-dealkylation sites (tertiary alicyclic amines) is 1. The third-order valence-electron chi connectivity index (χ3n) is 3.79. The van der Waals surface area contributed by atoms with Gasteiger partial charge < -0.3 is 10.1 Å². The van der Waals surface area contributed by atoms with Crippen molar-refractivity contribution in [2.24, 2.45) is 0 Å². The first-order valence-electron chi connectivity index (χ1n) is 6.35. The molecule has 2 rings (SSSR count). The average Bonchev–Trinajstić information content (AvgIpc) is 2.25. The van der Waals surface area contributed by atoms with E-state index in [1.165, 1.54) is 19.3 Å². The summed E-state index contributed by atoms with van der Waals surface area (Å²) in [5, 5.41) is 3.40. The van der Waals surface area contributed by atoms with Crippen molar-refractivity contribution < 1.29 is 4.74 Å². The van der Waals surface area contributed by atoms with Crippen molar-refractivity contribution in [1.82, 2.24) is 10.2 Å². The van der Waals surface area contributed by atoms with Crippen molar-refractivity contribution in [3.8, 4) is 0 Å². The van der Waals surface area contributed by atoms with Crippen LogP contribution >= 0.6 is 0 Å². The molecule has 1 N–H and O–H groups in total. The first-order valence-corrected chi connectivity index (χ1v) is 6.35. The first-order chi connectivity index (χ1) is 7.27. The Labute approximate surface area is 93.2 Å². The SMILES string of the molecule is C[C@@H]1CCC[C@H](C)N1CC1CNCCO1. The molecule has 2 heterocycles. The molecular weight excluding hydrogens is 188 g/mol. The topological polar surface area (TPSA) is 24.5 Å². The van der Waals surface area contributed by atoms with Crippen LogP contribution in [-0.2, 0) is 4.74 Å². The molecular formula is C12H24N2O. The highest BCUT2D eigenvalue weighted by Crippen LogP contribution is 2.22. The lowest BCUT2D eigenvalue weighted by Gasteiger charge is -2.41. The van der Waals surface area contributed by atoms with Crippen molar-refractivity contribution in [2.75, 3.05) is 26.2 Å². The van der Waals surface area contributed by atoms with Crippen LogP contribution in [0.25, 0.3) is 0 Å². The van der Waals surface area contributed by atoms with Crippen LogP contribution in [0.2, 0.25) is 0 Å². The van der Waals surface area contributed by atoms with Crippen molar-refractivity contribution in [2.45, 2.75) is 51.3 Å². The van der Waals surface area contributed by atoms with E-state index >= 15 is 0 Å². The molecule has 2 aliphatic rings. The number of nitrogens with one attached hydrogen (secondary N) is 1. The molecule has 2 aliphatic heterocycles. The predicted octanol–water partition coefficient (Wildman–Crippen LogP) is 1.24. The van der Waals surface area contributed by atoms with E-state index in [2.05, 4.69) is 24.1 Å². The van der Waals surface area contributed by atoms with Crippen molar-refractivity contribution >= 4 is 0 Å². The van der Waals surface area contributed by atoms with Crippen LogP contribution in [0.15, 0.2) is 0 Å². The summed E-state index contributed by atoms with van der Waals surface area (Å²) in [4.78, 5) is 2.63. The fourth-order valence-electron chi connectivity index (χ4n) is 2.81. The van der Waals surface area contributed by atoms with E-state index in [0.29, 0.717) is 6.10 Å². The minimum atomic E-state index is 0.404. The number of hydrogen-bond donors (Lipinski definition) is 1. The zero-order chi connectivity index (χ0) is 10.7. The van der Waals surface area contributed by atoms with Gasteiger partial charge in [0, 0.05) is 31.7 Å². The molecule has 0 spiro atoms. The molecule has 3 nitrogen and oxygen atoms in total. The quantitative estimate of drug-likeness (QED) is 0.745. The van der Waals surface area contributed by atoms with Gasteiger partial charge in [0.2, 0.25) is 0 Å². The number of hydrogen-bond acceptors (Lipinski definition) is 3. The second kappa shape index (κ2) is 5.28. The summed E-state index contributed by atoms with van der Waals surface area (Å²) in [5.74, 6) is 0. The number of piperidine rings is 1. The maximum atomic E-state index is 5.77. The lowest BCUT2D eigenvalue weighted by Crippen LogP contribution is -2.51. The Bertz CT molecular complexity index is 182. The Balaban J connectivity index is 1.84. The van der Waals surface area contributed by atoms with Gasteiger partial charge in [-0.1, -0.05) is 6.42 Å². The largest absolute Gasteiger partial charge is 0.374 e. The van der Waals surface area contributed by atoms with Crippen LogP contribution in [0.1, 0.15) is 33.1 Å². The molecule has 0 bridgehead atoms. The molecule has 0 radical (unpaired) electrons. The highest BCUT2D eigenvalue weighted by Gasteiger charge is 2.27. The highest BCUT2D eigenvalue weighted by molar-refractivity contribution is 4.83. The maximum absolute atomic E-state index is 5.77. The molecule has 0 aliphatic carbocycles. The lowest BCUT2D eigenvalue weighted by atomic mass is 9.97. The van der Waals surface area contributed by atoms with E-state index in [-0.39, 0.29) is 0 Å². The summed E-state index contributed by atoms with van der Waals surface area (Å²) in [5.41, 5.74) is 0. The molecule has 2 fully saturated rings. The molecule has 0 aromatic carbocycles. The molecule has 3 heteroatoms. The molecule has 0 aromatic rings.